The van der Waals surface area contributed by atoms with Crippen LogP contribution < -0.4 is 15.4 Å². The monoisotopic (exact) mass is 301 g/mol. The van der Waals surface area contributed by atoms with E-state index >= 15 is 0 Å². The number of carbonyl (C=O) groups is 2. The maximum absolute atomic E-state index is 12.2. The lowest BCUT2D eigenvalue weighted by Gasteiger charge is -2.12. The van der Waals surface area contributed by atoms with Gasteiger partial charge >= 0.3 is 0 Å². The SMILES string of the molecule is COc1ccccc1NC(=O)C[C@@H]1C(=O)Nc2nc(C)nn21. The molecule has 0 aliphatic carbocycles. The molecular formula is C14H15N5O3. The first kappa shape index (κ1) is 14.1. The Morgan fingerprint density at radius 3 is 3.00 bits per heavy atom. The molecule has 114 valence electrons. The van der Waals surface area contributed by atoms with Crippen LogP contribution in [0.15, 0.2) is 24.3 Å². The third-order valence-corrected chi connectivity index (χ3v) is 3.33. The Morgan fingerprint density at radius 1 is 1.45 bits per heavy atom. The predicted octanol–water partition coefficient (Wildman–Crippen LogP) is 1.12. The molecule has 1 aromatic carbocycles. The van der Waals surface area contributed by atoms with Crippen molar-refractivity contribution in [1.29, 1.82) is 0 Å². The average molecular weight is 301 g/mol. The van der Waals surface area contributed by atoms with E-state index in [-0.39, 0.29) is 18.2 Å². The van der Waals surface area contributed by atoms with Gasteiger partial charge in [0.1, 0.15) is 17.6 Å². The summed E-state index contributed by atoms with van der Waals surface area (Å²) in [6.45, 7) is 1.73. The summed E-state index contributed by atoms with van der Waals surface area (Å²) < 4.78 is 6.62. The molecule has 0 spiro atoms. The fraction of sp³-hybridized carbons (Fsp3) is 0.286. The lowest BCUT2D eigenvalue weighted by Crippen LogP contribution is -2.24. The fourth-order valence-electron chi connectivity index (χ4n) is 2.34. The Labute approximate surface area is 126 Å². The average Bonchev–Trinajstić information content (AvgIpc) is 2.97. The predicted molar refractivity (Wildman–Crippen MR) is 78.7 cm³/mol. The van der Waals surface area contributed by atoms with Crippen molar-refractivity contribution in [2.45, 2.75) is 19.4 Å². The topological polar surface area (TPSA) is 98.1 Å². The summed E-state index contributed by atoms with van der Waals surface area (Å²) in [5, 5.41) is 9.48. The summed E-state index contributed by atoms with van der Waals surface area (Å²) >= 11 is 0. The van der Waals surface area contributed by atoms with Crippen molar-refractivity contribution in [3.63, 3.8) is 0 Å². The minimum absolute atomic E-state index is 0.0281. The van der Waals surface area contributed by atoms with Crippen LogP contribution in [0.4, 0.5) is 11.6 Å². The summed E-state index contributed by atoms with van der Waals surface area (Å²) in [6.07, 6.45) is -0.0281. The van der Waals surface area contributed by atoms with Crippen LogP contribution in [0.5, 0.6) is 5.75 Å². The highest BCUT2D eigenvalue weighted by Gasteiger charge is 2.34. The number of nitrogens with zero attached hydrogens (tertiary/aromatic N) is 3. The lowest BCUT2D eigenvalue weighted by atomic mass is 10.2. The maximum Gasteiger partial charge on any atom is 0.252 e. The van der Waals surface area contributed by atoms with Crippen LogP contribution in [-0.2, 0) is 9.59 Å². The van der Waals surface area contributed by atoms with Gasteiger partial charge < -0.3 is 10.1 Å². The molecule has 0 saturated heterocycles. The first-order chi connectivity index (χ1) is 10.6. The molecule has 1 aliphatic heterocycles. The Balaban J connectivity index is 1.73. The molecule has 2 aromatic rings. The van der Waals surface area contributed by atoms with Crippen LogP contribution in [0.3, 0.4) is 0 Å². The minimum atomic E-state index is -0.689. The second-order valence-electron chi connectivity index (χ2n) is 4.88. The van der Waals surface area contributed by atoms with Gasteiger partial charge in [-0.05, 0) is 19.1 Å². The number of aryl methyl sites for hydroxylation is 1. The number of anilines is 2. The van der Waals surface area contributed by atoms with Crippen LogP contribution in [0.2, 0.25) is 0 Å². The van der Waals surface area contributed by atoms with Gasteiger partial charge in [0.2, 0.25) is 11.9 Å². The van der Waals surface area contributed by atoms with Crippen LogP contribution >= 0.6 is 0 Å². The number of amides is 2. The second kappa shape index (κ2) is 5.47. The van der Waals surface area contributed by atoms with Gasteiger partial charge in [-0.3, -0.25) is 14.9 Å². The van der Waals surface area contributed by atoms with E-state index in [1.807, 2.05) is 6.07 Å². The molecule has 2 amide bonds. The molecule has 2 heterocycles. The normalized spacial score (nSPS) is 16.1. The van der Waals surface area contributed by atoms with Gasteiger partial charge in [0, 0.05) is 0 Å². The summed E-state index contributed by atoms with van der Waals surface area (Å²) in [7, 11) is 1.53. The molecule has 2 N–H and O–H groups in total. The van der Waals surface area contributed by atoms with Crippen molar-refractivity contribution in [2.75, 3.05) is 17.7 Å². The Kier molecular flexibility index (Phi) is 3.50. The van der Waals surface area contributed by atoms with Gasteiger partial charge in [-0.2, -0.15) is 10.1 Å². The Morgan fingerprint density at radius 2 is 2.23 bits per heavy atom. The van der Waals surface area contributed by atoms with Crippen LogP contribution in [0.1, 0.15) is 18.3 Å². The summed E-state index contributed by atoms with van der Waals surface area (Å²) in [5.41, 5.74) is 0.559. The van der Waals surface area contributed by atoms with E-state index in [4.69, 9.17) is 4.74 Å². The number of methoxy groups -OCH3 is 1. The highest BCUT2D eigenvalue weighted by Crippen LogP contribution is 2.27. The second-order valence-corrected chi connectivity index (χ2v) is 4.88. The van der Waals surface area contributed by atoms with E-state index in [2.05, 4.69) is 20.7 Å². The van der Waals surface area contributed by atoms with Gasteiger partial charge in [-0.15, -0.1) is 0 Å². The number of carbonyl (C=O) groups excluding carboxylic acids is 2. The van der Waals surface area contributed by atoms with Crippen molar-refractivity contribution < 1.29 is 14.3 Å². The van der Waals surface area contributed by atoms with Gasteiger partial charge in [-0.1, -0.05) is 12.1 Å². The molecule has 8 nitrogen and oxygen atoms in total. The third kappa shape index (κ3) is 2.50. The number of benzene rings is 1. The highest BCUT2D eigenvalue weighted by molar-refractivity contribution is 6.01. The lowest BCUT2D eigenvalue weighted by molar-refractivity contribution is -0.123. The third-order valence-electron chi connectivity index (χ3n) is 3.33. The van der Waals surface area contributed by atoms with Crippen molar-refractivity contribution >= 4 is 23.5 Å². The molecule has 0 bridgehead atoms. The summed E-state index contributed by atoms with van der Waals surface area (Å²) in [5.74, 6) is 0.891. The zero-order chi connectivity index (χ0) is 15.7. The van der Waals surface area contributed by atoms with Crippen molar-refractivity contribution in [3.05, 3.63) is 30.1 Å². The molecule has 0 radical (unpaired) electrons. The number of aromatic nitrogens is 3. The van der Waals surface area contributed by atoms with Gasteiger partial charge in [0.15, 0.2) is 0 Å². The number of hydrogen-bond acceptors (Lipinski definition) is 5. The number of nitrogens with one attached hydrogen (secondary N) is 2. The maximum atomic E-state index is 12.2. The zero-order valence-corrected chi connectivity index (χ0v) is 12.2. The fourth-order valence-corrected chi connectivity index (χ4v) is 2.34. The Bertz CT molecular complexity index is 740. The first-order valence-electron chi connectivity index (χ1n) is 6.75. The van der Waals surface area contributed by atoms with E-state index in [9.17, 15) is 9.59 Å². The molecule has 0 saturated carbocycles. The standard InChI is InChI=1S/C14H15N5O3/c1-8-15-14-17-13(21)10(19(14)18-8)7-12(20)16-9-5-3-4-6-11(9)22-2/h3-6,10H,7H2,1-2H3,(H,16,20)(H,15,17,18,21)/t10-/m1/s1. The van der Waals surface area contributed by atoms with Gasteiger partial charge in [-0.25, -0.2) is 4.68 Å². The van der Waals surface area contributed by atoms with Gasteiger partial charge in [0.05, 0.1) is 19.2 Å². The molecule has 0 unspecified atom stereocenters. The summed E-state index contributed by atoms with van der Waals surface area (Å²) in [6, 6.07) is 6.39. The van der Waals surface area contributed by atoms with E-state index in [1.54, 1.807) is 25.1 Å². The highest BCUT2D eigenvalue weighted by atomic mass is 16.5. The van der Waals surface area contributed by atoms with Crippen molar-refractivity contribution in [2.24, 2.45) is 0 Å². The minimum Gasteiger partial charge on any atom is -0.495 e. The molecule has 8 heteroatoms. The Hall–Kier alpha value is -2.90. The molecule has 1 atom stereocenters. The zero-order valence-electron chi connectivity index (χ0n) is 12.2. The van der Waals surface area contributed by atoms with Gasteiger partial charge in [0.25, 0.3) is 5.91 Å². The molecule has 0 fully saturated rings. The number of rotatable bonds is 4. The van der Waals surface area contributed by atoms with Crippen LogP contribution in [0, 0.1) is 6.92 Å². The first-order valence-corrected chi connectivity index (χ1v) is 6.75. The molecule has 1 aromatic heterocycles. The molecule has 3 rings (SSSR count). The number of ether oxygens (including phenoxy) is 1. The molecular weight excluding hydrogens is 286 g/mol. The van der Waals surface area contributed by atoms with E-state index in [0.717, 1.165) is 0 Å². The largest absolute Gasteiger partial charge is 0.495 e. The van der Waals surface area contributed by atoms with Crippen LogP contribution in [0.25, 0.3) is 0 Å². The van der Waals surface area contributed by atoms with E-state index in [0.29, 0.717) is 23.2 Å². The smallest absolute Gasteiger partial charge is 0.252 e. The number of hydrogen-bond donors (Lipinski definition) is 2. The van der Waals surface area contributed by atoms with Crippen molar-refractivity contribution in [3.8, 4) is 5.75 Å². The number of fused-ring (bicyclic) bond motifs is 1. The molecule has 1 aliphatic rings. The van der Waals surface area contributed by atoms with E-state index in [1.165, 1.54) is 11.8 Å². The summed E-state index contributed by atoms with van der Waals surface area (Å²) in [4.78, 5) is 28.2. The number of para-hydroxylation sites is 2. The quantitative estimate of drug-likeness (QED) is 0.881. The van der Waals surface area contributed by atoms with Crippen molar-refractivity contribution in [1.82, 2.24) is 14.8 Å². The van der Waals surface area contributed by atoms with Crippen LogP contribution in [-0.4, -0.2) is 33.7 Å². The molecule has 22 heavy (non-hydrogen) atoms. The van der Waals surface area contributed by atoms with E-state index < -0.39 is 6.04 Å².